The van der Waals surface area contributed by atoms with Crippen molar-refractivity contribution in [3.05, 3.63) is 69.6 Å². The molecule has 0 saturated carbocycles. The predicted molar refractivity (Wildman–Crippen MR) is 127 cm³/mol. The summed E-state index contributed by atoms with van der Waals surface area (Å²) in [7, 11) is 1.46. The van der Waals surface area contributed by atoms with Crippen molar-refractivity contribution in [1.29, 1.82) is 0 Å². The summed E-state index contributed by atoms with van der Waals surface area (Å²) < 4.78 is 1.41. The zero-order valence-corrected chi connectivity index (χ0v) is 19.3. The Morgan fingerprint density at radius 3 is 2.52 bits per heavy atom. The van der Waals surface area contributed by atoms with Crippen LogP contribution in [0.15, 0.2) is 47.4 Å². The molecular formula is C25H34N4O4. The number of hydrogen-bond acceptors (Lipinski definition) is 5. The number of nitrogens with zero attached hydrogens (tertiary/aromatic N) is 2. The van der Waals surface area contributed by atoms with E-state index in [1.54, 1.807) is 0 Å². The molecule has 33 heavy (non-hydrogen) atoms. The van der Waals surface area contributed by atoms with Crippen LogP contribution in [0.4, 0.5) is 0 Å². The van der Waals surface area contributed by atoms with E-state index in [9.17, 15) is 14.4 Å². The highest BCUT2D eigenvalue weighted by Crippen LogP contribution is 2.21. The zero-order valence-electron chi connectivity index (χ0n) is 19.3. The Hall–Kier alpha value is -2.97. The van der Waals surface area contributed by atoms with Gasteiger partial charge in [-0.15, -0.1) is 0 Å². The van der Waals surface area contributed by atoms with Gasteiger partial charge in [-0.05, 0) is 56.3 Å². The van der Waals surface area contributed by atoms with Gasteiger partial charge in [0.15, 0.2) is 0 Å². The topological polar surface area (TPSA) is 104 Å². The Kier molecular flexibility index (Phi) is 9.21. The molecule has 0 spiro atoms. The molecule has 8 nitrogen and oxygen atoms in total. The molecule has 0 aliphatic carbocycles. The van der Waals surface area contributed by atoms with Gasteiger partial charge in [0.1, 0.15) is 5.56 Å². The second-order valence-corrected chi connectivity index (χ2v) is 8.55. The van der Waals surface area contributed by atoms with Crippen molar-refractivity contribution in [1.82, 2.24) is 20.1 Å². The molecule has 8 heteroatoms. The van der Waals surface area contributed by atoms with E-state index in [1.807, 2.05) is 30.3 Å². The molecule has 1 saturated heterocycles. The fraction of sp³-hybridized carbons (Fsp3) is 0.480. The first-order chi connectivity index (χ1) is 16.0. The quantitative estimate of drug-likeness (QED) is 0.472. The minimum atomic E-state index is -0.510. The van der Waals surface area contributed by atoms with E-state index in [0.717, 1.165) is 50.9 Å². The maximum absolute atomic E-state index is 12.8. The average molecular weight is 455 g/mol. The Morgan fingerprint density at radius 1 is 1.12 bits per heavy atom. The van der Waals surface area contributed by atoms with E-state index in [4.69, 9.17) is 5.11 Å². The fourth-order valence-electron chi connectivity index (χ4n) is 4.29. The van der Waals surface area contributed by atoms with Gasteiger partial charge in [0.25, 0.3) is 17.4 Å². The molecule has 2 aromatic rings. The first kappa shape index (κ1) is 24.7. The number of benzene rings is 1. The van der Waals surface area contributed by atoms with E-state index in [-0.39, 0.29) is 24.6 Å². The second kappa shape index (κ2) is 12.3. The number of rotatable bonds is 10. The van der Waals surface area contributed by atoms with Gasteiger partial charge in [-0.3, -0.25) is 14.4 Å². The summed E-state index contributed by atoms with van der Waals surface area (Å²) >= 11 is 0. The summed E-state index contributed by atoms with van der Waals surface area (Å²) in [6, 6.07) is 10.8. The number of pyridine rings is 1. The maximum atomic E-state index is 12.8. The summed E-state index contributed by atoms with van der Waals surface area (Å²) in [5.41, 5.74) is 0.726. The van der Waals surface area contributed by atoms with Crippen LogP contribution in [0.25, 0.3) is 0 Å². The van der Waals surface area contributed by atoms with Gasteiger partial charge in [0.2, 0.25) is 0 Å². The first-order valence-electron chi connectivity index (χ1n) is 11.6. The first-order valence-corrected chi connectivity index (χ1v) is 11.6. The van der Waals surface area contributed by atoms with Gasteiger partial charge in [-0.25, -0.2) is 0 Å². The SMILES string of the molecule is CNC(=O)c1cc(C(=O)NCCCC2CCN(CCO)CC2)cn(Cc2ccccc2)c1=O. The van der Waals surface area contributed by atoms with Crippen LogP contribution in [0, 0.1) is 5.92 Å². The van der Waals surface area contributed by atoms with Crippen LogP contribution in [0.1, 0.15) is 52.0 Å². The van der Waals surface area contributed by atoms with E-state index >= 15 is 0 Å². The van der Waals surface area contributed by atoms with E-state index in [2.05, 4.69) is 15.5 Å². The number of aliphatic hydroxyl groups excluding tert-OH is 1. The van der Waals surface area contributed by atoms with Crippen molar-refractivity contribution in [2.24, 2.45) is 5.92 Å². The van der Waals surface area contributed by atoms with Crippen LogP contribution in [-0.2, 0) is 6.54 Å². The van der Waals surface area contributed by atoms with Gasteiger partial charge < -0.3 is 25.2 Å². The molecule has 2 amide bonds. The highest BCUT2D eigenvalue weighted by atomic mass is 16.3. The van der Waals surface area contributed by atoms with Crippen molar-refractivity contribution < 1.29 is 14.7 Å². The molecule has 1 aliphatic heterocycles. The van der Waals surface area contributed by atoms with Gasteiger partial charge in [0, 0.05) is 26.3 Å². The van der Waals surface area contributed by atoms with Crippen molar-refractivity contribution in [2.45, 2.75) is 32.2 Å². The Balaban J connectivity index is 1.60. The van der Waals surface area contributed by atoms with E-state index in [0.29, 0.717) is 18.0 Å². The normalized spacial score (nSPS) is 14.7. The molecule has 2 heterocycles. The van der Waals surface area contributed by atoms with Crippen LogP contribution in [0.3, 0.4) is 0 Å². The third-order valence-electron chi connectivity index (χ3n) is 6.21. The van der Waals surface area contributed by atoms with Gasteiger partial charge in [-0.2, -0.15) is 0 Å². The van der Waals surface area contributed by atoms with Crippen LogP contribution in [0.5, 0.6) is 0 Å². The number of likely N-dealkylation sites (tertiary alicyclic amines) is 1. The minimum absolute atomic E-state index is 0.0456. The highest BCUT2D eigenvalue weighted by Gasteiger charge is 2.19. The number of carbonyl (C=O) groups excluding carboxylic acids is 2. The standard InChI is InChI=1S/C25H34N4O4/c1-26-24(32)22-16-21(18-29(25(22)33)17-20-6-3-2-4-7-20)23(31)27-11-5-8-19-9-12-28(13-10-19)14-15-30/h2-4,6-7,16,18-19,30H,5,8-15,17H2,1H3,(H,26,32)(H,27,31). The number of piperidine rings is 1. The summed E-state index contributed by atoms with van der Waals surface area (Å²) in [4.78, 5) is 40.1. The lowest BCUT2D eigenvalue weighted by atomic mass is 9.92. The molecule has 3 N–H and O–H groups in total. The summed E-state index contributed by atoms with van der Waals surface area (Å²) in [5.74, 6) is -0.159. The van der Waals surface area contributed by atoms with Crippen LogP contribution >= 0.6 is 0 Å². The highest BCUT2D eigenvalue weighted by molar-refractivity contribution is 5.99. The van der Waals surface area contributed by atoms with Crippen LogP contribution in [0.2, 0.25) is 0 Å². The lowest BCUT2D eigenvalue weighted by Gasteiger charge is -2.31. The fourth-order valence-corrected chi connectivity index (χ4v) is 4.29. The zero-order chi connectivity index (χ0) is 23.6. The summed E-state index contributed by atoms with van der Waals surface area (Å²) in [6.45, 7) is 3.80. The molecule has 1 aromatic heterocycles. The average Bonchev–Trinajstić information content (AvgIpc) is 2.84. The molecule has 1 aliphatic rings. The van der Waals surface area contributed by atoms with Crippen LogP contribution in [-0.4, -0.2) is 66.2 Å². The molecule has 1 aromatic carbocycles. The molecule has 0 atom stereocenters. The number of hydrogen-bond donors (Lipinski definition) is 3. The third kappa shape index (κ3) is 7.00. The van der Waals surface area contributed by atoms with E-state index < -0.39 is 11.5 Å². The molecule has 1 fully saturated rings. The maximum Gasteiger partial charge on any atom is 0.263 e. The van der Waals surface area contributed by atoms with Crippen molar-refractivity contribution in [3.63, 3.8) is 0 Å². The minimum Gasteiger partial charge on any atom is -0.395 e. The third-order valence-corrected chi connectivity index (χ3v) is 6.21. The Bertz CT molecular complexity index is 982. The van der Waals surface area contributed by atoms with Crippen LogP contribution < -0.4 is 16.2 Å². The van der Waals surface area contributed by atoms with Gasteiger partial charge in [-0.1, -0.05) is 30.3 Å². The molecule has 0 bridgehead atoms. The van der Waals surface area contributed by atoms with E-state index in [1.165, 1.54) is 23.9 Å². The monoisotopic (exact) mass is 454 g/mol. The van der Waals surface area contributed by atoms with Crippen molar-refractivity contribution in [3.8, 4) is 0 Å². The largest absolute Gasteiger partial charge is 0.395 e. The number of carbonyl (C=O) groups is 2. The number of aromatic nitrogens is 1. The predicted octanol–water partition coefficient (Wildman–Crippen LogP) is 1.47. The molecule has 0 radical (unpaired) electrons. The molecule has 0 unspecified atom stereocenters. The summed E-state index contributed by atoms with van der Waals surface area (Å²) in [6.07, 6.45) is 5.68. The molecular weight excluding hydrogens is 420 g/mol. The number of β-amino-alcohol motifs (C(OH)–C–C–N with tert-alkyl or cyclic N) is 1. The van der Waals surface area contributed by atoms with Gasteiger partial charge >= 0.3 is 0 Å². The Labute approximate surface area is 194 Å². The molecule has 178 valence electrons. The lowest BCUT2D eigenvalue weighted by Crippen LogP contribution is -2.36. The van der Waals surface area contributed by atoms with Crippen molar-refractivity contribution in [2.75, 3.05) is 39.8 Å². The number of aliphatic hydroxyl groups is 1. The Morgan fingerprint density at radius 2 is 1.85 bits per heavy atom. The van der Waals surface area contributed by atoms with Gasteiger partial charge in [0.05, 0.1) is 18.7 Å². The van der Waals surface area contributed by atoms with Crippen molar-refractivity contribution >= 4 is 11.8 Å². The second-order valence-electron chi connectivity index (χ2n) is 8.55. The number of nitrogens with one attached hydrogen (secondary N) is 2. The lowest BCUT2D eigenvalue weighted by molar-refractivity contribution is 0.0950. The smallest absolute Gasteiger partial charge is 0.263 e. The summed E-state index contributed by atoms with van der Waals surface area (Å²) in [5, 5.41) is 14.5. The molecule has 3 rings (SSSR count). The number of amides is 2.